The van der Waals surface area contributed by atoms with Crippen LogP contribution in [0.1, 0.15) is 102 Å². The van der Waals surface area contributed by atoms with Gasteiger partial charge in [-0.2, -0.15) is 0 Å². The van der Waals surface area contributed by atoms with E-state index in [0.29, 0.717) is 11.1 Å². The molecule has 2 heterocycles. The Morgan fingerprint density at radius 1 is 0.724 bits per heavy atom. The maximum Gasteiger partial charge on any atom is 0.243 e. The second-order valence-corrected chi connectivity index (χ2v) is 18.9. The van der Waals surface area contributed by atoms with Crippen LogP contribution >= 0.6 is 0 Å². The summed E-state index contributed by atoms with van der Waals surface area (Å²) in [6.07, 6.45) is -0.161. The smallest absolute Gasteiger partial charge is 0.243 e. The van der Waals surface area contributed by atoms with E-state index in [1.807, 2.05) is 24.3 Å². The lowest BCUT2D eigenvalue weighted by atomic mass is 9.83. The second kappa shape index (κ2) is 30.2. The number of aliphatic imine (C=N–C) groups is 2. The number of rotatable bonds is 18. The Labute approximate surface area is 438 Å². The number of guanidine groups is 2. The molecule has 1 saturated heterocycles. The molecule has 0 spiro atoms. The molecule has 7 amide bonds. The number of primary amides is 2. The van der Waals surface area contributed by atoms with E-state index in [9.17, 15) is 52.3 Å². The van der Waals surface area contributed by atoms with E-state index in [1.54, 1.807) is 6.20 Å². The Balaban J connectivity index is 1.79. The van der Waals surface area contributed by atoms with Gasteiger partial charge in [-0.3, -0.25) is 57.9 Å². The number of nitrogens with two attached hydrogens (primary N) is 6. The zero-order valence-electron chi connectivity index (χ0n) is 42.6. The highest BCUT2D eigenvalue weighted by Gasteiger charge is 2.36. The molecule has 1 aromatic heterocycles. The number of Topliss-reactive ketones (excluding diaryl/α,β-unsaturated/α-hetero) is 3. The molecule has 0 saturated carbocycles. The molecule has 0 unspecified atom stereocenters. The van der Waals surface area contributed by atoms with Crippen LogP contribution in [0, 0.1) is 17.7 Å². The fraction of sp³-hybridized carbons (Fsp3) is 0.490. The van der Waals surface area contributed by atoms with E-state index in [2.05, 4.69) is 41.6 Å². The average Bonchev–Trinajstić information content (AvgIpc) is 3.76. The van der Waals surface area contributed by atoms with Crippen LogP contribution in [0.5, 0.6) is 0 Å². The summed E-state index contributed by atoms with van der Waals surface area (Å²) in [7, 11) is 0. The molecule has 1 fully saturated rings. The monoisotopic (exact) mass is 1060 g/mol. The third kappa shape index (κ3) is 20.6. The van der Waals surface area contributed by atoms with Gasteiger partial charge in [-0.25, -0.2) is 4.39 Å². The average molecular weight is 1060 g/mol. The van der Waals surface area contributed by atoms with Crippen LogP contribution in [-0.4, -0.2) is 119 Å². The number of nitrogens with zero attached hydrogens (tertiary/aromatic N) is 2. The summed E-state index contributed by atoms with van der Waals surface area (Å²) in [5, 5.41) is 13.6. The third-order valence-electron chi connectivity index (χ3n) is 12.8. The molecule has 1 aliphatic heterocycles. The lowest BCUT2D eigenvalue weighted by Gasteiger charge is -2.27. The molecular weight excluding hydrogens is 988 g/mol. The van der Waals surface area contributed by atoms with Crippen LogP contribution in [-0.2, 0) is 60.8 Å². The first-order chi connectivity index (χ1) is 36.1. The topological polar surface area (TPSA) is 427 Å². The van der Waals surface area contributed by atoms with Crippen LogP contribution in [0.25, 0.3) is 10.9 Å². The van der Waals surface area contributed by atoms with Crippen LogP contribution < -0.4 is 61.0 Å². The number of fused-ring (bicyclic) bond motifs is 1. The number of aromatic nitrogens is 1. The molecule has 3 aromatic rings. The summed E-state index contributed by atoms with van der Waals surface area (Å²) in [5.74, 6) is -11.0. The van der Waals surface area contributed by atoms with E-state index in [0.717, 1.165) is 23.0 Å². The first-order valence-corrected chi connectivity index (χ1v) is 25.1. The number of H-pyrrole nitrogens is 1. The first-order valence-electron chi connectivity index (χ1n) is 25.1. The zero-order valence-corrected chi connectivity index (χ0v) is 42.6. The quantitative estimate of drug-likeness (QED) is 0.0417. The number of carbonyl (C=O) groups is 10. The lowest BCUT2D eigenvalue weighted by Crippen LogP contribution is -2.58. The van der Waals surface area contributed by atoms with Gasteiger partial charge < -0.3 is 66.0 Å². The number of amides is 7. The molecule has 25 heteroatoms. The molecule has 76 heavy (non-hydrogen) atoms. The number of halogens is 1. The van der Waals surface area contributed by atoms with Crippen molar-refractivity contribution in [3.05, 3.63) is 71.7 Å². The zero-order chi connectivity index (χ0) is 55.9. The fourth-order valence-electron chi connectivity index (χ4n) is 8.83. The van der Waals surface area contributed by atoms with Gasteiger partial charge in [-0.15, -0.1) is 0 Å². The maximum absolute atomic E-state index is 14.7. The first kappa shape index (κ1) is 60.3. The van der Waals surface area contributed by atoms with Crippen molar-refractivity contribution < 1.29 is 52.3 Å². The van der Waals surface area contributed by atoms with Gasteiger partial charge in [0.25, 0.3) is 0 Å². The number of para-hydroxylation sites is 1. The van der Waals surface area contributed by atoms with E-state index in [4.69, 9.17) is 34.4 Å². The van der Waals surface area contributed by atoms with Gasteiger partial charge in [-0.05, 0) is 87.1 Å². The Morgan fingerprint density at radius 2 is 1.38 bits per heavy atom. The molecule has 412 valence electrons. The number of benzene rings is 2. The van der Waals surface area contributed by atoms with Gasteiger partial charge >= 0.3 is 0 Å². The highest BCUT2D eigenvalue weighted by atomic mass is 19.1. The summed E-state index contributed by atoms with van der Waals surface area (Å²) in [6.45, 7) is 1.32. The number of hydrogen-bond donors (Lipinski definition) is 12. The van der Waals surface area contributed by atoms with Crippen molar-refractivity contribution in [1.82, 2.24) is 31.6 Å². The summed E-state index contributed by atoms with van der Waals surface area (Å²) in [6, 6.07) is 5.04. The van der Waals surface area contributed by atoms with Crippen molar-refractivity contribution >= 4 is 81.5 Å². The highest BCUT2D eigenvalue weighted by molar-refractivity contribution is 5.99. The van der Waals surface area contributed by atoms with Crippen molar-refractivity contribution in [2.45, 2.75) is 133 Å². The third-order valence-corrected chi connectivity index (χ3v) is 12.8. The van der Waals surface area contributed by atoms with Crippen molar-refractivity contribution in [1.29, 1.82) is 0 Å². The molecule has 0 aliphatic carbocycles. The minimum absolute atomic E-state index is 0.00582. The van der Waals surface area contributed by atoms with Crippen molar-refractivity contribution in [3.8, 4) is 0 Å². The molecule has 4 rings (SSSR count). The number of ketones is 3. The minimum Gasteiger partial charge on any atom is -0.370 e. The van der Waals surface area contributed by atoms with Gasteiger partial charge in [0.1, 0.15) is 41.6 Å². The van der Waals surface area contributed by atoms with Crippen LogP contribution in [0.2, 0.25) is 0 Å². The van der Waals surface area contributed by atoms with Gasteiger partial charge in [0, 0.05) is 74.6 Å². The van der Waals surface area contributed by atoms with Crippen molar-refractivity contribution in [3.63, 3.8) is 0 Å². The summed E-state index contributed by atoms with van der Waals surface area (Å²) in [4.78, 5) is 148. The lowest BCUT2D eigenvalue weighted by molar-refractivity contribution is -0.136. The SMILES string of the molecule is CC(=O)N[C@@H](CCCN=C(N)N)C(=O)N[C@H]1CCC(=O)CCCC[C@@H](C(N)=O)NC(=O)[C@H](Cc2c[nH]c3ccccc23)CC(=O)[C@H](CCCN=C(N)N)CC(=O)[C@@H](Cc2ccc(F)cc2)NC(=O)[C@H](CC(N)=O)NC1=O. The fourth-order valence-corrected chi connectivity index (χ4v) is 8.83. The van der Waals surface area contributed by atoms with Crippen molar-refractivity contribution in [2.75, 3.05) is 13.1 Å². The molecule has 7 atom stereocenters. The molecule has 0 radical (unpaired) electrons. The highest BCUT2D eigenvalue weighted by Crippen LogP contribution is 2.26. The number of carbonyl (C=O) groups excluding carboxylic acids is 10. The number of hydrogen-bond acceptors (Lipinski definition) is 12. The summed E-state index contributed by atoms with van der Waals surface area (Å²) >= 11 is 0. The van der Waals surface area contributed by atoms with Crippen LogP contribution in [0.3, 0.4) is 0 Å². The van der Waals surface area contributed by atoms with E-state index < -0.39 is 120 Å². The van der Waals surface area contributed by atoms with Crippen molar-refractivity contribution in [2.24, 2.45) is 56.2 Å². The summed E-state index contributed by atoms with van der Waals surface area (Å²) < 4.78 is 14.1. The number of nitrogens with one attached hydrogen (secondary N) is 6. The predicted molar refractivity (Wildman–Crippen MR) is 279 cm³/mol. The van der Waals surface area contributed by atoms with Crippen LogP contribution in [0.15, 0.2) is 64.7 Å². The molecule has 24 nitrogen and oxygen atoms in total. The van der Waals surface area contributed by atoms with Gasteiger partial charge in [0.2, 0.25) is 41.4 Å². The largest absolute Gasteiger partial charge is 0.370 e. The Hall–Kier alpha value is -8.25. The Bertz CT molecular complexity index is 2610. The van der Waals surface area contributed by atoms with Gasteiger partial charge in [0.15, 0.2) is 17.7 Å². The van der Waals surface area contributed by atoms with E-state index in [-0.39, 0.29) is 108 Å². The molecule has 2 aromatic carbocycles. The predicted octanol–water partition coefficient (Wildman–Crippen LogP) is -0.922. The number of aromatic amines is 1. The molecule has 18 N–H and O–H groups in total. The van der Waals surface area contributed by atoms with Gasteiger partial charge in [0.05, 0.1) is 12.5 Å². The summed E-state index contributed by atoms with van der Waals surface area (Å²) in [5.41, 5.74) is 35.2. The maximum atomic E-state index is 14.7. The molecule has 1 aliphatic rings. The van der Waals surface area contributed by atoms with E-state index in [1.165, 1.54) is 19.1 Å². The standard InChI is InChI=1S/C51H71FN14O10/c1-28(67)62-38(13-7-21-60-51(57)58)47(74)64-39-19-18-34(68)9-2-4-12-37(45(54)72)63-46(73)31(23-32-27-61-36-11-5-3-10-35(32)36)25-42(69)30(8-6-20-59-50(55)56)24-43(70)40(22-29-14-16-33(52)17-15-29)65-49(76)41(26-44(53)71)66-48(39)75/h3,5,10-11,14-17,27,30-31,37-41,61H,2,4,6-9,12-13,18-26H2,1H3,(H2,53,71)(H2,54,72)(H,62,67)(H,63,73)(H,64,74)(H,65,76)(H,66,75)(H4,55,56,59)(H4,57,58,60)/t30-,31-,37+,38+,39+,40-,41+/m1/s1. The Morgan fingerprint density at radius 3 is 2.04 bits per heavy atom. The minimum atomic E-state index is -1.78. The van der Waals surface area contributed by atoms with Crippen LogP contribution in [0.4, 0.5) is 4.39 Å². The molecule has 0 bridgehead atoms. The second-order valence-electron chi connectivity index (χ2n) is 18.9. The Kier molecular flexibility index (Phi) is 24.0. The van der Waals surface area contributed by atoms with Gasteiger partial charge in [-0.1, -0.05) is 36.8 Å². The molecular formula is C51H71FN14O10. The normalized spacial score (nSPS) is 21.2. The van der Waals surface area contributed by atoms with E-state index >= 15 is 0 Å².